The summed E-state index contributed by atoms with van der Waals surface area (Å²) in [6, 6.07) is 9.88. The van der Waals surface area contributed by atoms with Gasteiger partial charge in [0, 0.05) is 32.2 Å². The van der Waals surface area contributed by atoms with Crippen LogP contribution in [0.2, 0.25) is 0 Å². The van der Waals surface area contributed by atoms with E-state index in [0.29, 0.717) is 48.2 Å². The summed E-state index contributed by atoms with van der Waals surface area (Å²) in [5.41, 5.74) is 7.02. The number of rotatable bonds is 6. The second-order valence-electron chi connectivity index (χ2n) is 7.09. The van der Waals surface area contributed by atoms with Crippen LogP contribution < -0.4 is 19.9 Å². The summed E-state index contributed by atoms with van der Waals surface area (Å²) in [6.45, 7) is 3.12. The second-order valence-corrected chi connectivity index (χ2v) is 7.09. The smallest absolute Gasteiger partial charge is 0.254 e. The van der Waals surface area contributed by atoms with E-state index in [2.05, 4.69) is 0 Å². The molecule has 30 heavy (non-hydrogen) atoms. The molecule has 1 atom stereocenters. The van der Waals surface area contributed by atoms with Gasteiger partial charge >= 0.3 is 0 Å². The first-order valence-corrected chi connectivity index (χ1v) is 9.68. The molecular formula is C22H27N3O5. The summed E-state index contributed by atoms with van der Waals surface area (Å²) in [4.78, 5) is 28.4. The van der Waals surface area contributed by atoms with Crippen molar-refractivity contribution in [2.45, 2.75) is 19.5 Å². The van der Waals surface area contributed by atoms with Crippen LogP contribution in [0, 0.1) is 0 Å². The molecule has 0 bridgehead atoms. The summed E-state index contributed by atoms with van der Waals surface area (Å²) in [5.74, 6) is 1.60. The summed E-state index contributed by atoms with van der Waals surface area (Å²) < 4.78 is 16.8. The SMILES string of the molecule is COc1cc(CN)ccc1Oc1ccc(C(=O)N2CCN(C)C(=O)C2C)cc1OC. The van der Waals surface area contributed by atoms with Crippen LogP contribution in [0.25, 0.3) is 0 Å². The van der Waals surface area contributed by atoms with Gasteiger partial charge in [-0.3, -0.25) is 9.59 Å². The van der Waals surface area contributed by atoms with E-state index in [4.69, 9.17) is 19.9 Å². The largest absolute Gasteiger partial charge is 0.493 e. The third kappa shape index (κ3) is 4.18. The zero-order chi connectivity index (χ0) is 21.8. The topological polar surface area (TPSA) is 94.3 Å². The highest BCUT2D eigenvalue weighted by Crippen LogP contribution is 2.37. The van der Waals surface area contributed by atoms with Gasteiger partial charge < -0.3 is 29.7 Å². The second kappa shape index (κ2) is 9.04. The van der Waals surface area contributed by atoms with Crippen molar-refractivity contribution in [2.24, 2.45) is 5.73 Å². The first-order chi connectivity index (χ1) is 14.4. The fourth-order valence-corrected chi connectivity index (χ4v) is 3.38. The number of likely N-dealkylation sites (N-methyl/N-ethyl adjacent to an activating group) is 1. The summed E-state index contributed by atoms with van der Waals surface area (Å²) in [5, 5.41) is 0. The third-order valence-corrected chi connectivity index (χ3v) is 5.23. The molecule has 2 N–H and O–H groups in total. The number of ether oxygens (including phenoxy) is 3. The fourth-order valence-electron chi connectivity index (χ4n) is 3.38. The van der Waals surface area contributed by atoms with Crippen LogP contribution in [-0.2, 0) is 11.3 Å². The molecule has 8 nitrogen and oxygen atoms in total. The predicted molar refractivity (Wildman–Crippen MR) is 112 cm³/mol. The Bertz CT molecular complexity index is 946. The van der Waals surface area contributed by atoms with E-state index < -0.39 is 6.04 Å². The van der Waals surface area contributed by atoms with Crippen molar-refractivity contribution < 1.29 is 23.8 Å². The number of benzene rings is 2. The van der Waals surface area contributed by atoms with Gasteiger partial charge in [0.05, 0.1) is 14.2 Å². The zero-order valence-corrected chi connectivity index (χ0v) is 17.7. The van der Waals surface area contributed by atoms with Gasteiger partial charge in [-0.15, -0.1) is 0 Å². The average Bonchev–Trinajstić information content (AvgIpc) is 2.77. The fraction of sp³-hybridized carbons (Fsp3) is 0.364. The quantitative estimate of drug-likeness (QED) is 0.781. The van der Waals surface area contributed by atoms with Crippen molar-refractivity contribution in [3.05, 3.63) is 47.5 Å². The molecule has 1 fully saturated rings. The van der Waals surface area contributed by atoms with Crippen molar-refractivity contribution in [1.82, 2.24) is 9.80 Å². The number of nitrogens with zero attached hydrogens (tertiary/aromatic N) is 2. The van der Waals surface area contributed by atoms with Crippen LogP contribution in [0.15, 0.2) is 36.4 Å². The lowest BCUT2D eigenvalue weighted by Crippen LogP contribution is -2.56. The van der Waals surface area contributed by atoms with Crippen molar-refractivity contribution in [2.75, 3.05) is 34.4 Å². The Morgan fingerprint density at radius 3 is 2.30 bits per heavy atom. The maximum atomic E-state index is 13.0. The average molecular weight is 413 g/mol. The molecule has 2 aromatic carbocycles. The number of carbonyl (C=O) groups is 2. The van der Waals surface area contributed by atoms with Crippen LogP contribution in [0.4, 0.5) is 0 Å². The van der Waals surface area contributed by atoms with Gasteiger partial charge in [0.15, 0.2) is 23.0 Å². The van der Waals surface area contributed by atoms with Crippen LogP contribution in [0.5, 0.6) is 23.0 Å². The first kappa shape index (κ1) is 21.4. The van der Waals surface area contributed by atoms with Gasteiger partial charge in [0.1, 0.15) is 6.04 Å². The number of carbonyl (C=O) groups excluding carboxylic acids is 2. The van der Waals surface area contributed by atoms with Gasteiger partial charge in [-0.1, -0.05) is 6.07 Å². The van der Waals surface area contributed by atoms with Gasteiger partial charge in [0.25, 0.3) is 5.91 Å². The molecule has 0 spiro atoms. The first-order valence-electron chi connectivity index (χ1n) is 9.68. The Hall–Kier alpha value is -3.26. The minimum atomic E-state index is -0.511. The summed E-state index contributed by atoms with van der Waals surface area (Å²) in [7, 11) is 4.80. The molecule has 8 heteroatoms. The van der Waals surface area contributed by atoms with Crippen molar-refractivity contribution >= 4 is 11.8 Å². The molecule has 3 rings (SSSR count). The lowest BCUT2D eigenvalue weighted by Gasteiger charge is -2.37. The lowest BCUT2D eigenvalue weighted by atomic mass is 10.1. The third-order valence-electron chi connectivity index (χ3n) is 5.23. The number of amides is 2. The Balaban J connectivity index is 1.85. The molecule has 160 valence electrons. The van der Waals surface area contributed by atoms with Crippen molar-refractivity contribution in [3.63, 3.8) is 0 Å². The molecule has 1 heterocycles. The van der Waals surface area contributed by atoms with Crippen LogP contribution in [-0.4, -0.2) is 62.0 Å². The van der Waals surface area contributed by atoms with Crippen molar-refractivity contribution in [1.29, 1.82) is 0 Å². The molecule has 0 aromatic heterocycles. The number of nitrogens with two attached hydrogens (primary N) is 1. The molecule has 0 saturated carbocycles. The Morgan fingerprint density at radius 1 is 1.03 bits per heavy atom. The van der Waals surface area contributed by atoms with E-state index >= 15 is 0 Å². The number of methoxy groups -OCH3 is 2. The Labute approximate surface area is 176 Å². The molecular weight excluding hydrogens is 386 g/mol. The highest BCUT2D eigenvalue weighted by atomic mass is 16.5. The van der Waals surface area contributed by atoms with E-state index in [1.807, 2.05) is 12.1 Å². The minimum Gasteiger partial charge on any atom is -0.493 e. The van der Waals surface area contributed by atoms with E-state index in [1.165, 1.54) is 7.11 Å². The highest BCUT2D eigenvalue weighted by molar-refractivity contribution is 5.98. The maximum Gasteiger partial charge on any atom is 0.254 e. The van der Waals surface area contributed by atoms with Crippen LogP contribution in [0.3, 0.4) is 0 Å². The van der Waals surface area contributed by atoms with E-state index in [0.717, 1.165) is 5.56 Å². The molecule has 2 aromatic rings. The Kier molecular flexibility index (Phi) is 6.47. The normalized spacial score (nSPS) is 16.4. The van der Waals surface area contributed by atoms with Crippen LogP contribution in [0.1, 0.15) is 22.8 Å². The minimum absolute atomic E-state index is 0.0745. The Morgan fingerprint density at radius 2 is 1.67 bits per heavy atom. The number of hydrogen-bond acceptors (Lipinski definition) is 6. The highest BCUT2D eigenvalue weighted by Gasteiger charge is 2.33. The molecule has 1 saturated heterocycles. The number of hydrogen-bond donors (Lipinski definition) is 1. The van der Waals surface area contributed by atoms with Crippen LogP contribution >= 0.6 is 0 Å². The molecule has 2 amide bonds. The van der Waals surface area contributed by atoms with Gasteiger partial charge in [-0.2, -0.15) is 0 Å². The zero-order valence-electron chi connectivity index (χ0n) is 17.7. The summed E-state index contributed by atoms with van der Waals surface area (Å²) >= 11 is 0. The van der Waals surface area contributed by atoms with Gasteiger partial charge in [-0.05, 0) is 42.8 Å². The van der Waals surface area contributed by atoms with Crippen molar-refractivity contribution in [3.8, 4) is 23.0 Å². The van der Waals surface area contributed by atoms with Gasteiger partial charge in [0.2, 0.25) is 5.91 Å². The maximum absolute atomic E-state index is 13.0. The number of piperazine rings is 1. The molecule has 1 unspecified atom stereocenters. The monoisotopic (exact) mass is 413 g/mol. The van der Waals surface area contributed by atoms with Gasteiger partial charge in [-0.25, -0.2) is 0 Å². The predicted octanol–water partition coefficient (Wildman–Crippen LogP) is 2.26. The van der Waals surface area contributed by atoms with E-state index in [1.54, 1.807) is 55.1 Å². The molecule has 1 aliphatic rings. The molecule has 0 radical (unpaired) electrons. The van der Waals surface area contributed by atoms with E-state index in [9.17, 15) is 9.59 Å². The molecule has 1 aliphatic heterocycles. The molecule has 0 aliphatic carbocycles. The van der Waals surface area contributed by atoms with E-state index in [-0.39, 0.29) is 11.8 Å². The lowest BCUT2D eigenvalue weighted by molar-refractivity contribution is -0.137. The summed E-state index contributed by atoms with van der Waals surface area (Å²) in [6.07, 6.45) is 0. The standard InChI is InChI=1S/C22H27N3O5/c1-14-21(26)24(2)9-10-25(14)22(27)16-6-8-18(20(12-16)29-4)30-17-7-5-15(13-23)11-19(17)28-3/h5-8,11-12,14H,9-10,13,23H2,1-4H3.